The summed E-state index contributed by atoms with van der Waals surface area (Å²) in [5.74, 6) is 0.380. The maximum atomic E-state index is 13.2. The first-order chi connectivity index (χ1) is 17.2. The second-order valence-corrected chi connectivity index (χ2v) is 9.46. The van der Waals surface area contributed by atoms with Crippen molar-refractivity contribution < 1.29 is 14.0 Å². The lowest BCUT2D eigenvalue weighted by Gasteiger charge is -2.37. The number of carbonyl (C=O) groups is 2. The number of aliphatic imine (C=N–C) groups is 1. The van der Waals surface area contributed by atoms with Crippen LogP contribution < -0.4 is 10.6 Å². The monoisotopic (exact) mass is 491 g/mol. The summed E-state index contributed by atoms with van der Waals surface area (Å²) in [6.45, 7) is 7.58. The number of benzene rings is 2. The molecule has 7 nitrogen and oxygen atoms in total. The first-order valence-electron chi connectivity index (χ1n) is 12.4. The first-order valence-corrected chi connectivity index (χ1v) is 12.4. The molecule has 0 saturated carbocycles. The summed E-state index contributed by atoms with van der Waals surface area (Å²) in [4.78, 5) is 30.6. The Bertz CT molecular complexity index is 1110. The summed E-state index contributed by atoms with van der Waals surface area (Å²) < 4.78 is 13.2. The van der Waals surface area contributed by atoms with Gasteiger partial charge in [-0.1, -0.05) is 12.1 Å². The summed E-state index contributed by atoms with van der Waals surface area (Å²) in [6, 6.07) is 12.1. The zero-order valence-electron chi connectivity index (χ0n) is 21.2. The average Bonchev–Trinajstić information content (AvgIpc) is 2.84. The quantitative estimate of drug-likeness (QED) is 0.131. The van der Waals surface area contributed by atoms with Crippen LogP contribution in [0.3, 0.4) is 0 Å². The van der Waals surface area contributed by atoms with Crippen LogP contribution in [0.25, 0.3) is 0 Å². The van der Waals surface area contributed by atoms with Crippen LogP contribution in [0.5, 0.6) is 0 Å². The Labute approximate surface area is 212 Å². The Kier molecular flexibility index (Phi) is 9.71. The van der Waals surface area contributed by atoms with E-state index >= 15 is 0 Å². The van der Waals surface area contributed by atoms with Crippen molar-refractivity contribution >= 4 is 23.2 Å². The molecule has 36 heavy (non-hydrogen) atoms. The van der Waals surface area contributed by atoms with Crippen molar-refractivity contribution in [1.29, 1.82) is 5.26 Å². The smallest absolute Gasteiger partial charge is 0.209 e. The van der Waals surface area contributed by atoms with Crippen LogP contribution >= 0.6 is 0 Å². The summed E-state index contributed by atoms with van der Waals surface area (Å²) in [5, 5.41) is 14.7. The highest BCUT2D eigenvalue weighted by Gasteiger charge is 2.25. The highest BCUT2D eigenvalue weighted by Crippen LogP contribution is 2.26. The molecule has 2 aromatic rings. The van der Waals surface area contributed by atoms with E-state index in [1.807, 2.05) is 18.3 Å². The third-order valence-electron chi connectivity index (χ3n) is 6.62. The summed E-state index contributed by atoms with van der Waals surface area (Å²) in [7, 11) is 0. The van der Waals surface area contributed by atoms with Gasteiger partial charge in [0.2, 0.25) is 5.96 Å². The number of nitrogens with zero attached hydrogens (tertiary/aromatic N) is 3. The minimum atomic E-state index is -0.196. The highest BCUT2D eigenvalue weighted by molar-refractivity contribution is 6.03. The molecule has 0 aromatic heterocycles. The lowest BCUT2D eigenvalue weighted by atomic mass is 9.86. The van der Waals surface area contributed by atoms with Gasteiger partial charge in [0.25, 0.3) is 0 Å². The Morgan fingerprint density at radius 2 is 1.81 bits per heavy atom. The zero-order chi connectivity index (χ0) is 26.1. The number of anilines is 1. The van der Waals surface area contributed by atoms with E-state index in [0.717, 1.165) is 38.8 Å². The second-order valence-electron chi connectivity index (χ2n) is 9.46. The van der Waals surface area contributed by atoms with Gasteiger partial charge in [-0.3, -0.25) is 19.9 Å². The van der Waals surface area contributed by atoms with Crippen LogP contribution in [0.4, 0.5) is 10.1 Å². The van der Waals surface area contributed by atoms with Gasteiger partial charge in [-0.05, 0) is 94.8 Å². The molecule has 8 heteroatoms. The Morgan fingerprint density at radius 3 is 2.39 bits per heavy atom. The molecule has 1 saturated heterocycles. The molecule has 2 atom stereocenters. The van der Waals surface area contributed by atoms with Crippen molar-refractivity contribution in [2.24, 2.45) is 10.9 Å². The number of nitriles is 1. The third kappa shape index (κ3) is 7.99. The van der Waals surface area contributed by atoms with E-state index in [1.165, 1.54) is 31.5 Å². The van der Waals surface area contributed by atoms with E-state index in [-0.39, 0.29) is 23.3 Å². The molecule has 190 valence electrons. The van der Waals surface area contributed by atoms with E-state index < -0.39 is 0 Å². The van der Waals surface area contributed by atoms with Crippen LogP contribution in [0, 0.1) is 23.2 Å². The van der Waals surface area contributed by atoms with Crippen LogP contribution in [-0.2, 0) is 6.42 Å². The van der Waals surface area contributed by atoms with Crippen LogP contribution in [0.2, 0.25) is 0 Å². The van der Waals surface area contributed by atoms with E-state index in [2.05, 4.69) is 27.4 Å². The molecule has 1 fully saturated rings. The fraction of sp³-hybridized carbons (Fsp3) is 0.429. The molecule has 2 aromatic carbocycles. The molecule has 0 spiro atoms. The SMILES string of the molecule is CC(=O)c1cc(NC(=NCCCN2CC[C@@H](Cc3ccc(F)cc3)C[C@@H]2C)NC#N)cc(C(C)=O)c1. The van der Waals surface area contributed by atoms with Crippen molar-refractivity contribution in [1.82, 2.24) is 10.2 Å². The topological polar surface area (TPSA) is 97.6 Å². The zero-order valence-corrected chi connectivity index (χ0v) is 21.2. The molecule has 1 aliphatic heterocycles. The van der Waals surface area contributed by atoms with Crippen molar-refractivity contribution in [2.45, 2.75) is 52.5 Å². The number of guanidine groups is 1. The number of carbonyl (C=O) groups excluding carboxylic acids is 2. The van der Waals surface area contributed by atoms with Gasteiger partial charge in [0.15, 0.2) is 17.8 Å². The maximum Gasteiger partial charge on any atom is 0.209 e. The van der Waals surface area contributed by atoms with Gasteiger partial charge in [0.1, 0.15) is 5.82 Å². The van der Waals surface area contributed by atoms with Gasteiger partial charge < -0.3 is 10.2 Å². The molecule has 3 rings (SSSR count). The number of nitrogens with one attached hydrogen (secondary N) is 2. The lowest BCUT2D eigenvalue weighted by Crippen LogP contribution is -2.42. The number of ketones is 2. The second kappa shape index (κ2) is 12.9. The Balaban J connectivity index is 1.52. The molecule has 0 bridgehead atoms. The van der Waals surface area contributed by atoms with Crippen molar-refractivity contribution in [3.8, 4) is 6.19 Å². The van der Waals surface area contributed by atoms with Gasteiger partial charge >= 0.3 is 0 Å². The highest BCUT2D eigenvalue weighted by atomic mass is 19.1. The minimum Gasteiger partial charge on any atom is -0.325 e. The fourth-order valence-electron chi connectivity index (χ4n) is 4.66. The molecular formula is C28H34FN5O2. The molecular weight excluding hydrogens is 457 g/mol. The normalized spacial score (nSPS) is 18.4. The minimum absolute atomic E-state index is 0.150. The number of Topliss-reactive ketones (excluding diaryl/α,β-unsaturated/α-hetero) is 2. The number of hydrogen-bond donors (Lipinski definition) is 2. The van der Waals surface area contributed by atoms with Gasteiger partial charge in [-0.2, -0.15) is 5.26 Å². The molecule has 0 unspecified atom stereocenters. The number of rotatable bonds is 9. The van der Waals surface area contributed by atoms with Crippen molar-refractivity contribution in [2.75, 3.05) is 25.0 Å². The Hall–Kier alpha value is -3.57. The summed E-state index contributed by atoms with van der Waals surface area (Å²) in [6.07, 6.45) is 5.91. The van der Waals surface area contributed by atoms with Crippen molar-refractivity contribution in [3.05, 3.63) is 65.0 Å². The molecule has 0 aliphatic carbocycles. The molecule has 1 heterocycles. The Morgan fingerprint density at radius 1 is 1.14 bits per heavy atom. The molecule has 2 N–H and O–H groups in total. The maximum absolute atomic E-state index is 13.2. The number of piperidine rings is 1. The fourth-order valence-corrected chi connectivity index (χ4v) is 4.66. The van der Waals surface area contributed by atoms with Gasteiger partial charge in [-0.15, -0.1) is 0 Å². The predicted octanol–water partition coefficient (Wildman–Crippen LogP) is 4.80. The standard InChI is InChI=1S/C28H34FN5O2/c1-19-13-23(14-22-5-7-26(29)8-6-22)9-12-34(19)11-4-10-31-28(32-18-30)33-27-16-24(20(2)35)15-25(17-27)21(3)36/h5-8,15-17,19,23H,4,9-14H2,1-3H3,(H2,31,32,33)/t19-,23+/m0/s1. The van der Waals surface area contributed by atoms with Crippen molar-refractivity contribution in [3.63, 3.8) is 0 Å². The van der Waals surface area contributed by atoms with Crippen LogP contribution in [0.1, 0.15) is 66.3 Å². The summed E-state index contributed by atoms with van der Waals surface area (Å²) in [5.41, 5.74) is 2.54. The number of halogens is 1. The third-order valence-corrected chi connectivity index (χ3v) is 6.62. The van der Waals surface area contributed by atoms with E-state index in [9.17, 15) is 14.0 Å². The largest absolute Gasteiger partial charge is 0.325 e. The van der Waals surface area contributed by atoms with Crippen LogP contribution in [0.15, 0.2) is 47.5 Å². The number of likely N-dealkylation sites (tertiary alicyclic amines) is 1. The first kappa shape index (κ1) is 27.0. The molecule has 0 amide bonds. The van der Waals surface area contributed by atoms with Gasteiger partial charge in [0, 0.05) is 35.9 Å². The van der Waals surface area contributed by atoms with Gasteiger partial charge in [-0.25, -0.2) is 4.39 Å². The van der Waals surface area contributed by atoms with E-state index in [0.29, 0.717) is 35.3 Å². The van der Waals surface area contributed by atoms with Gasteiger partial charge in [0.05, 0.1) is 0 Å². The van der Waals surface area contributed by atoms with Crippen LogP contribution in [-0.4, -0.2) is 48.1 Å². The lowest BCUT2D eigenvalue weighted by molar-refractivity contribution is 0.101. The summed E-state index contributed by atoms with van der Waals surface area (Å²) >= 11 is 0. The molecule has 1 aliphatic rings. The molecule has 0 radical (unpaired) electrons. The number of hydrogen-bond acceptors (Lipinski definition) is 5. The van der Waals surface area contributed by atoms with E-state index in [4.69, 9.17) is 5.26 Å². The van der Waals surface area contributed by atoms with E-state index in [1.54, 1.807) is 18.2 Å². The average molecular weight is 492 g/mol. The predicted molar refractivity (Wildman–Crippen MR) is 140 cm³/mol.